The van der Waals surface area contributed by atoms with E-state index in [4.69, 9.17) is 4.43 Å². The van der Waals surface area contributed by atoms with E-state index in [2.05, 4.69) is 57.6 Å². The summed E-state index contributed by atoms with van der Waals surface area (Å²) in [6.45, 7) is 19.0. The molecule has 1 saturated carbocycles. The average molecular weight is 402 g/mol. The van der Waals surface area contributed by atoms with Gasteiger partial charge in [0, 0.05) is 12.5 Å². The highest BCUT2D eigenvalue weighted by Crippen LogP contribution is 2.42. The summed E-state index contributed by atoms with van der Waals surface area (Å²) >= 11 is 0. The summed E-state index contributed by atoms with van der Waals surface area (Å²) in [4.78, 5) is 12.1. The van der Waals surface area contributed by atoms with Crippen LogP contribution in [0.3, 0.4) is 0 Å². The monoisotopic (exact) mass is 401 g/mol. The maximum Gasteiger partial charge on any atom is 0.296 e. The SMILES string of the molecule is C=C[C@H]1C[C@@H]1C[C@@H](C)NC(=O)C#CCC(/C=C/C=C/C)O[Si](C)(C)C(C)(C)C. The Morgan fingerprint density at radius 2 is 2.04 bits per heavy atom. The maximum atomic E-state index is 12.1. The number of hydrogen-bond donors (Lipinski definition) is 1. The second kappa shape index (κ2) is 10.8. The summed E-state index contributed by atoms with van der Waals surface area (Å²) < 4.78 is 6.47. The van der Waals surface area contributed by atoms with Crippen LogP contribution in [0.5, 0.6) is 0 Å². The van der Waals surface area contributed by atoms with Gasteiger partial charge in [0.25, 0.3) is 5.91 Å². The summed E-state index contributed by atoms with van der Waals surface area (Å²) in [6.07, 6.45) is 12.6. The second-order valence-electron chi connectivity index (χ2n) is 9.34. The van der Waals surface area contributed by atoms with Crippen molar-refractivity contribution in [2.45, 2.75) is 84.2 Å². The number of allylic oxidation sites excluding steroid dienone is 4. The van der Waals surface area contributed by atoms with Crippen molar-refractivity contribution in [1.82, 2.24) is 5.32 Å². The molecule has 1 unspecified atom stereocenters. The van der Waals surface area contributed by atoms with Gasteiger partial charge < -0.3 is 9.74 Å². The van der Waals surface area contributed by atoms with Crippen LogP contribution in [0.2, 0.25) is 18.1 Å². The molecule has 0 bridgehead atoms. The minimum atomic E-state index is -1.91. The van der Waals surface area contributed by atoms with Crippen LogP contribution in [0, 0.1) is 23.7 Å². The molecule has 4 heteroatoms. The van der Waals surface area contributed by atoms with Gasteiger partial charge in [0.15, 0.2) is 8.32 Å². The lowest BCUT2D eigenvalue weighted by atomic mass is 10.1. The van der Waals surface area contributed by atoms with Crippen molar-refractivity contribution in [2.75, 3.05) is 0 Å². The third kappa shape index (κ3) is 8.62. The summed E-state index contributed by atoms with van der Waals surface area (Å²) in [5, 5.41) is 3.12. The van der Waals surface area contributed by atoms with Crippen molar-refractivity contribution in [3.63, 3.8) is 0 Å². The standard InChI is InChI=1S/C24H39NO2Si/c1-9-11-12-14-22(27-28(7,8)24(4,5)6)15-13-16-23(26)25-19(3)17-21-18-20(21)10-2/h9-12,14,19-22H,2,15,17-18H2,1,3-8H3,(H,25,26)/b11-9+,14-12+/t19-,20+,21+,22?/m1/s1. The van der Waals surface area contributed by atoms with Crippen molar-refractivity contribution in [2.24, 2.45) is 11.8 Å². The quantitative estimate of drug-likeness (QED) is 0.236. The van der Waals surface area contributed by atoms with E-state index < -0.39 is 8.32 Å². The van der Waals surface area contributed by atoms with E-state index in [0.29, 0.717) is 18.3 Å². The number of rotatable bonds is 9. The predicted molar refractivity (Wildman–Crippen MR) is 122 cm³/mol. The van der Waals surface area contributed by atoms with Gasteiger partial charge in [0.2, 0.25) is 0 Å². The fraction of sp³-hybridized carbons (Fsp3) is 0.625. The van der Waals surface area contributed by atoms with E-state index in [1.807, 2.05) is 44.2 Å². The Bertz CT molecular complexity index is 646. The van der Waals surface area contributed by atoms with E-state index in [0.717, 1.165) is 6.42 Å². The first-order valence-electron chi connectivity index (χ1n) is 10.4. The number of nitrogens with one attached hydrogen (secondary N) is 1. The van der Waals surface area contributed by atoms with E-state index in [9.17, 15) is 4.79 Å². The first kappa shape index (κ1) is 24.5. The van der Waals surface area contributed by atoms with Crippen molar-refractivity contribution in [3.05, 3.63) is 37.0 Å². The van der Waals surface area contributed by atoms with Crippen LogP contribution >= 0.6 is 0 Å². The normalized spacial score (nSPS) is 21.8. The van der Waals surface area contributed by atoms with Crippen molar-refractivity contribution in [3.8, 4) is 11.8 Å². The van der Waals surface area contributed by atoms with Crippen LogP contribution in [0.15, 0.2) is 37.0 Å². The molecular weight excluding hydrogens is 362 g/mol. The molecule has 1 N–H and O–H groups in total. The van der Waals surface area contributed by atoms with Gasteiger partial charge in [-0.15, -0.1) is 6.58 Å². The van der Waals surface area contributed by atoms with Crippen LogP contribution in [-0.4, -0.2) is 26.4 Å². The van der Waals surface area contributed by atoms with E-state index in [1.165, 1.54) is 6.42 Å². The molecule has 0 aliphatic heterocycles. The molecule has 1 fully saturated rings. The Morgan fingerprint density at radius 3 is 2.57 bits per heavy atom. The zero-order valence-electron chi connectivity index (χ0n) is 18.8. The van der Waals surface area contributed by atoms with Crippen LogP contribution in [0.4, 0.5) is 0 Å². The zero-order valence-corrected chi connectivity index (χ0v) is 19.8. The minimum Gasteiger partial charge on any atom is -0.410 e. The van der Waals surface area contributed by atoms with Gasteiger partial charge in [-0.1, -0.05) is 57.1 Å². The molecule has 0 spiro atoms. The zero-order chi connectivity index (χ0) is 21.4. The topological polar surface area (TPSA) is 38.3 Å². The van der Waals surface area contributed by atoms with Crippen LogP contribution in [0.1, 0.15) is 53.9 Å². The fourth-order valence-corrected chi connectivity index (χ4v) is 4.11. The molecule has 1 aliphatic rings. The molecule has 1 rings (SSSR count). The predicted octanol–water partition coefficient (Wildman–Crippen LogP) is 5.62. The van der Waals surface area contributed by atoms with Gasteiger partial charge in [-0.2, -0.15) is 0 Å². The smallest absolute Gasteiger partial charge is 0.296 e. The second-order valence-corrected chi connectivity index (χ2v) is 14.1. The van der Waals surface area contributed by atoms with Crippen LogP contribution in [0.25, 0.3) is 0 Å². The minimum absolute atomic E-state index is 0.102. The highest BCUT2D eigenvalue weighted by Gasteiger charge is 2.38. The molecule has 0 aromatic heterocycles. The van der Waals surface area contributed by atoms with Gasteiger partial charge in [0.1, 0.15) is 0 Å². The molecule has 0 radical (unpaired) electrons. The third-order valence-corrected chi connectivity index (χ3v) is 10.2. The van der Waals surface area contributed by atoms with Crippen molar-refractivity contribution in [1.29, 1.82) is 0 Å². The molecule has 0 heterocycles. The molecule has 3 nitrogen and oxygen atoms in total. The van der Waals surface area contributed by atoms with Crippen LogP contribution < -0.4 is 5.32 Å². The lowest BCUT2D eigenvalue weighted by Gasteiger charge is -2.38. The average Bonchev–Trinajstić information content (AvgIpc) is 3.31. The van der Waals surface area contributed by atoms with Gasteiger partial charge >= 0.3 is 0 Å². The van der Waals surface area contributed by atoms with Crippen molar-refractivity contribution >= 4 is 14.2 Å². The van der Waals surface area contributed by atoms with Gasteiger partial charge in [-0.05, 0) is 62.6 Å². The Morgan fingerprint density at radius 1 is 1.36 bits per heavy atom. The third-order valence-electron chi connectivity index (χ3n) is 5.70. The van der Waals surface area contributed by atoms with Gasteiger partial charge in [-0.25, -0.2) is 0 Å². The first-order chi connectivity index (χ1) is 13.0. The lowest BCUT2D eigenvalue weighted by molar-refractivity contribution is -0.116. The highest BCUT2D eigenvalue weighted by molar-refractivity contribution is 6.74. The molecule has 0 aromatic rings. The van der Waals surface area contributed by atoms with Gasteiger partial charge in [-0.3, -0.25) is 4.79 Å². The molecule has 0 aromatic carbocycles. The fourth-order valence-electron chi connectivity index (χ4n) is 2.84. The molecule has 1 aliphatic carbocycles. The lowest BCUT2D eigenvalue weighted by Crippen LogP contribution is -2.43. The molecular formula is C24H39NO2Si. The van der Waals surface area contributed by atoms with Crippen molar-refractivity contribution < 1.29 is 9.22 Å². The molecule has 156 valence electrons. The van der Waals surface area contributed by atoms with Crippen LogP contribution in [-0.2, 0) is 9.22 Å². The Labute approximate surface area is 173 Å². The summed E-state index contributed by atoms with van der Waals surface area (Å²) in [6, 6.07) is 0.144. The summed E-state index contributed by atoms with van der Waals surface area (Å²) in [5.41, 5.74) is 0. The Kier molecular flexibility index (Phi) is 9.46. The number of amides is 1. The molecule has 1 amide bonds. The molecule has 0 saturated heterocycles. The highest BCUT2D eigenvalue weighted by atomic mass is 28.4. The Balaban J connectivity index is 2.61. The number of carbonyl (C=O) groups excluding carboxylic acids is 1. The van der Waals surface area contributed by atoms with E-state index in [1.54, 1.807) is 0 Å². The van der Waals surface area contributed by atoms with E-state index >= 15 is 0 Å². The summed E-state index contributed by atoms with van der Waals surface area (Å²) in [7, 11) is -1.91. The first-order valence-corrected chi connectivity index (χ1v) is 13.3. The molecule has 28 heavy (non-hydrogen) atoms. The number of carbonyl (C=O) groups is 1. The summed E-state index contributed by atoms with van der Waals surface area (Å²) in [5.74, 6) is 6.86. The largest absolute Gasteiger partial charge is 0.410 e. The van der Waals surface area contributed by atoms with E-state index in [-0.39, 0.29) is 23.1 Å². The maximum absolute atomic E-state index is 12.1. The number of hydrogen-bond acceptors (Lipinski definition) is 2. The molecule has 4 atom stereocenters. The Hall–Kier alpha value is -1.57. The van der Waals surface area contributed by atoms with Gasteiger partial charge in [0.05, 0.1) is 6.10 Å².